The topological polar surface area (TPSA) is 87.5 Å². The van der Waals surface area contributed by atoms with Crippen molar-refractivity contribution in [2.75, 3.05) is 31.9 Å². The molecular weight excluding hydrogens is 348 g/mol. The summed E-state index contributed by atoms with van der Waals surface area (Å²) in [6.45, 7) is 2.45. The van der Waals surface area contributed by atoms with Gasteiger partial charge in [-0.05, 0) is 37.1 Å². The number of carbonyl (C=O) groups is 2. The molecule has 1 saturated heterocycles. The van der Waals surface area contributed by atoms with E-state index in [1.807, 2.05) is 29.2 Å². The molecule has 2 rings (SSSR count). The normalized spacial score (nSPS) is 15.9. The number of halogens is 1. The lowest BCUT2D eigenvalue weighted by molar-refractivity contribution is -0.119. The van der Waals surface area contributed by atoms with Crippen LogP contribution >= 0.6 is 23.4 Å². The number of thioether (sulfide) groups is 1. The van der Waals surface area contributed by atoms with Crippen LogP contribution in [0.3, 0.4) is 0 Å². The van der Waals surface area contributed by atoms with Crippen LogP contribution < -0.4 is 16.4 Å². The van der Waals surface area contributed by atoms with Gasteiger partial charge in [-0.25, -0.2) is 4.79 Å². The molecule has 4 N–H and O–H groups in total. The van der Waals surface area contributed by atoms with Crippen molar-refractivity contribution in [1.29, 1.82) is 0 Å². The minimum Gasteiger partial charge on any atom is -0.369 e. The largest absolute Gasteiger partial charge is 0.369 e. The molecule has 24 heavy (non-hydrogen) atoms. The van der Waals surface area contributed by atoms with E-state index in [4.69, 9.17) is 17.3 Å². The molecular formula is C16H23ClN4O2S. The number of piperidine rings is 1. The molecule has 0 aromatic heterocycles. The van der Waals surface area contributed by atoms with Gasteiger partial charge < -0.3 is 16.4 Å². The summed E-state index contributed by atoms with van der Waals surface area (Å²) in [6, 6.07) is 7.65. The maximum atomic E-state index is 11.9. The number of amides is 3. The van der Waals surface area contributed by atoms with Crippen LogP contribution in [-0.2, 0) is 4.79 Å². The average molecular weight is 371 g/mol. The first kappa shape index (κ1) is 18.9. The number of rotatable bonds is 7. The lowest BCUT2D eigenvalue weighted by Gasteiger charge is -2.31. The highest BCUT2D eigenvalue weighted by molar-refractivity contribution is 7.99. The Morgan fingerprint density at radius 3 is 2.54 bits per heavy atom. The van der Waals surface area contributed by atoms with Crippen LogP contribution in [0.4, 0.5) is 4.79 Å². The summed E-state index contributed by atoms with van der Waals surface area (Å²) in [4.78, 5) is 25.9. The van der Waals surface area contributed by atoms with Crippen molar-refractivity contribution in [1.82, 2.24) is 15.5 Å². The van der Waals surface area contributed by atoms with E-state index < -0.39 is 0 Å². The van der Waals surface area contributed by atoms with Gasteiger partial charge in [-0.1, -0.05) is 11.6 Å². The third-order valence-corrected chi connectivity index (χ3v) is 5.04. The Morgan fingerprint density at radius 2 is 1.92 bits per heavy atom. The van der Waals surface area contributed by atoms with Gasteiger partial charge in [0.1, 0.15) is 0 Å². The number of hydrogen-bond donors (Lipinski definition) is 3. The van der Waals surface area contributed by atoms with E-state index in [0.717, 1.165) is 41.6 Å². The Hall–Kier alpha value is -1.44. The molecule has 0 saturated carbocycles. The Kier molecular flexibility index (Phi) is 7.68. The number of nitrogens with two attached hydrogens (primary N) is 1. The number of hydrogen-bond acceptors (Lipinski definition) is 4. The van der Waals surface area contributed by atoms with Crippen molar-refractivity contribution in [2.24, 2.45) is 5.73 Å². The second kappa shape index (κ2) is 9.76. The standard InChI is InChI=1S/C16H23ClN4O2S/c17-12-1-3-14(4-2-12)24-10-7-19-16(23)20-13-5-8-21(9-6-13)11-15(18)22/h1-4,13H,5-11H2,(H2,18,22)(H2,19,20,23). The molecule has 8 heteroatoms. The summed E-state index contributed by atoms with van der Waals surface area (Å²) >= 11 is 7.51. The van der Waals surface area contributed by atoms with Crippen LogP contribution in [0.2, 0.25) is 5.02 Å². The quantitative estimate of drug-likeness (QED) is 0.503. The van der Waals surface area contributed by atoms with E-state index in [0.29, 0.717) is 13.1 Å². The molecule has 0 atom stereocenters. The fraction of sp³-hybridized carbons (Fsp3) is 0.500. The van der Waals surface area contributed by atoms with Crippen molar-refractivity contribution in [3.63, 3.8) is 0 Å². The second-order valence-electron chi connectivity index (χ2n) is 5.72. The molecule has 3 amide bonds. The van der Waals surface area contributed by atoms with Gasteiger partial charge >= 0.3 is 6.03 Å². The zero-order valence-electron chi connectivity index (χ0n) is 13.5. The first-order valence-corrected chi connectivity index (χ1v) is 9.32. The number of likely N-dealkylation sites (tertiary alicyclic amines) is 1. The maximum Gasteiger partial charge on any atom is 0.315 e. The summed E-state index contributed by atoms with van der Waals surface area (Å²) < 4.78 is 0. The van der Waals surface area contributed by atoms with Gasteiger partial charge in [0.15, 0.2) is 0 Å². The molecule has 0 bridgehead atoms. The summed E-state index contributed by atoms with van der Waals surface area (Å²) in [5.41, 5.74) is 5.19. The Morgan fingerprint density at radius 1 is 1.25 bits per heavy atom. The number of urea groups is 1. The van der Waals surface area contributed by atoms with E-state index in [9.17, 15) is 9.59 Å². The lowest BCUT2D eigenvalue weighted by Crippen LogP contribution is -2.49. The molecule has 0 unspecified atom stereocenters. The van der Waals surface area contributed by atoms with Crippen molar-refractivity contribution in [3.05, 3.63) is 29.3 Å². The van der Waals surface area contributed by atoms with E-state index in [1.54, 1.807) is 11.8 Å². The van der Waals surface area contributed by atoms with Crippen LogP contribution in [0, 0.1) is 0 Å². The second-order valence-corrected chi connectivity index (χ2v) is 7.32. The Balaban J connectivity index is 1.57. The van der Waals surface area contributed by atoms with E-state index in [-0.39, 0.29) is 18.0 Å². The molecule has 132 valence electrons. The predicted molar refractivity (Wildman–Crippen MR) is 97.4 cm³/mol. The fourth-order valence-electron chi connectivity index (χ4n) is 2.56. The molecule has 1 aromatic carbocycles. The molecule has 1 aliphatic heterocycles. The van der Waals surface area contributed by atoms with E-state index >= 15 is 0 Å². The van der Waals surface area contributed by atoms with Gasteiger partial charge in [0, 0.05) is 41.3 Å². The van der Waals surface area contributed by atoms with Crippen LogP contribution in [0.15, 0.2) is 29.2 Å². The average Bonchev–Trinajstić information content (AvgIpc) is 2.55. The van der Waals surface area contributed by atoms with Crippen molar-refractivity contribution < 1.29 is 9.59 Å². The summed E-state index contributed by atoms with van der Waals surface area (Å²) in [5.74, 6) is 0.490. The third-order valence-electron chi connectivity index (χ3n) is 3.77. The minimum absolute atomic E-state index is 0.139. The van der Waals surface area contributed by atoms with Crippen molar-refractivity contribution in [3.8, 4) is 0 Å². The molecule has 0 spiro atoms. The first-order valence-electron chi connectivity index (χ1n) is 7.96. The van der Waals surface area contributed by atoms with Crippen molar-refractivity contribution in [2.45, 2.75) is 23.8 Å². The molecule has 6 nitrogen and oxygen atoms in total. The lowest BCUT2D eigenvalue weighted by atomic mass is 10.1. The van der Waals surface area contributed by atoms with Gasteiger partial charge in [-0.3, -0.25) is 9.69 Å². The van der Waals surface area contributed by atoms with Gasteiger partial charge in [0.2, 0.25) is 5.91 Å². The molecule has 1 heterocycles. The van der Waals surface area contributed by atoms with Gasteiger partial charge in [0.05, 0.1) is 6.54 Å². The number of carbonyl (C=O) groups excluding carboxylic acids is 2. The van der Waals surface area contributed by atoms with Crippen LogP contribution in [0.5, 0.6) is 0 Å². The smallest absolute Gasteiger partial charge is 0.315 e. The monoisotopic (exact) mass is 370 g/mol. The summed E-state index contributed by atoms with van der Waals surface area (Å²) in [7, 11) is 0. The number of nitrogens with one attached hydrogen (secondary N) is 2. The highest BCUT2D eigenvalue weighted by atomic mass is 35.5. The summed E-state index contributed by atoms with van der Waals surface area (Å²) in [6.07, 6.45) is 1.67. The minimum atomic E-state index is -0.308. The van der Waals surface area contributed by atoms with Crippen LogP contribution in [-0.4, -0.2) is 54.8 Å². The Bertz CT molecular complexity index is 548. The highest BCUT2D eigenvalue weighted by Crippen LogP contribution is 2.19. The third kappa shape index (κ3) is 6.98. The Labute approximate surface area is 151 Å². The SMILES string of the molecule is NC(=O)CN1CCC(NC(=O)NCCSc2ccc(Cl)cc2)CC1. The molecule has 1 aliphatic rings. The highest BCUT2D eigenvalue weighted by Gasteiger charge is 2.21. The first-order chi connectivity index (χ1) is 11.5. The van der Waals surface area contributed by atoms with Gasteiger partial charge in [-0.15, -0.1) is 11.8 Å². The predicted octanol–water partition coefficient (Wildman–Crippen LogP) is 1.68. The van der Waals surface area contributed by atoms with Gasteiger partial charge in [0.25, 0.3) is 0 Å². The van der Waals surface area contributed by atoms with Crippen LogP contribution in [0.1, 0.15) is 12.8 Å². The molecule has 1 aromatic rings. The van der Waals surface area contributed by atoms with Gasteiger partial charge in [-0.2, -0.15) is 0 Å². The zero-order chi connectivity index (χ0) is 17.4. The summed E-state index contributed by atoms with van der Waals surface area (Å²) in [5, 5.41) is 6.57. The van der Waals surface area contributed by atoms with E-state index in [1.165, 1.54) is 0 Å². The zero-order valence-corrected chi connectivity index (χ0v) is 15.0. The molecule has 0 aliphatic carbocycles. The van der Waals surface area contributed by atoms with E-state index in [2.05, 4.69) is 10.6 Å². The fourth-order valence-corrected chi connectivity index (χ4v) is 3.45. The molecule has 0 radical (unpaired) electrons. The number of benzene rings is 1. The maximum absolute atomic E-state index is 11.9. The van der Waals surface area contributed by atoms with Crippen molar-refractivity contribution >= 4 is 35.3 Å². The number of primary amides is 1. The number of nitrogens with zero attached hydrogens (tertiary/aromatic N) is 1. The molecule has 1 fully saturated rings. The van der Waals surface area contributed by atoms with Crippen LogP contribution in [0.25, 0.3) is 0 Å².